The van der Waals surface area contributed by atoms with Crippen molar-refractivity contribution < 1.29 is 19.1 Å². The van der Waals surface area contributed by atoms with Gasteiger partial charge in [-0.3, -0.25) is 14.5 Å². The van der Waals surface area contributed by atoms with Crippen LogP contribution in [-0.2, 0) is 9.53 Å². The fourth-order valence-electron chi connectivity index (χ4n) is 3.92. The number of ether oxygens (including phenoxy) is 2. The number of benzene rings is 1. The highest BCUT2D eigenvalue weighted by molar-refractivity contribution is 6.05. The number of carbonyl (C=O) groups excluding carboxylic acids is 2. The molecule has 0 bridgehead atoms. The molecule has 1 atom stereocenters. The molecular weight excluding hydrogens is 400 g/mol. The Balaban J connectivity index is 1.49. The minimum Gasteiger partial charge on any atom is -0.476 e. The van der Waals surface area contributed by atoms with Crippen LogP contribution in [0.2, 0.25) is 0 Å². The van der Waals surface area contributed by atoms with Gasteiger partial charge in [0.25, 0.3) is 17.6 Å². The summed E-state index contributed by atoms with van der Waals surface area (Å²) in [4.78, 5) is 38.4. The number of morpholine rings is 1. The van der Waals surface area contributed by atoms with Crippen LogP contribution in [0.1, 0.15) is 22.0 Å². The van der Waals surface area contributed by atoms with Crippen LogP contribution in [0.5, 0.6) is 5.75 Å². The van der Waals surface area contributed by atoms with Crippen LogP contribution in [-0.4, -0.2) is 75.2 Å². The molecule has 2 amide bonds. The van der Waals surface area contributed by atoms with Crippen molar-refractivity contribution in [2.45, 2.75) is 20.0 Å². The van der Waals surface area contributed by atoms with E-state index in [9.17, 15) is 9.59 Å². The molecule has 0 saturated carbocycles. The zero-order valence-electron chi connectivity index (χ0n) is 17.3. The maximum atomic E-state index is 13.4. The molecule has 0 N–H and O–H groups in total. The average Bonchev–Trinajstić information content (AvgIpc) is 3.22. The van der Waals surface area contributed by atoms with Crippen molar-refractivity contribution in [3.8, 4) is 5.75 Å². The smallest absolute Gasteiger partial charge is 0.298 e. The van der Waals surface area contributed by atoms with Gasteiger partial charge in [0, 0.05) is 24.5 Å². The first-order chi connectivity index (χ1) is 15.0. The number of aryl methyl sites for hydroxylation is 2. The monoisotopic (exact) mass is 422 g/mol. The molecule has 1 aromatic carbocycles. The van der Waals surface area contributed by atoms with Gasteiger partial charge in [0.05, 0.1) is 25.4 Å². The number of hydrogen-bond donors (Lipinski definition) is 0. The summed E-state index contributed by atoms with van der Waals surface area (Å²) in [6, 6.07) is 9.03. The maximum absolute atomic E-state index is 13.4. The number of hydrogen-bond acceptors (Lipinski definition) is 7. The molecule has 160 valence electrons. The first kappa shape index (κ1) is 19.4. The second kappa shape index (κ2) is 7.62. The zero-order chi connectivity index (χ0) is 21.5. The molecule has 1 fully saturated rings. The van der Waals surface area contributed by atoms with E-state index in [1.54, 1.807) is 21.5 Å². The molecule has 0 aliphatic carbocycles. The Bertz CT molecular complexity index is 1170. The van der Waals surface area contributed by atoms with Crippen LogP contribution in [0.25, 0.3) is 5.78 Å². The van der Waals surface area contributed by atoms with E-state index >= 15 is 0 Å². The Morgan fingerprint density at radius 3 is 2.68 bits per heavy atom. The van der Waals surface area contributed by atoms with Gasteiger partial charge >= 0.3 is 0 Å². The van der Waals surface area contributed by atoms with Gasteiger partial charge in [-0.25, -0.2) is 9.50 Å². The highest BCUT2D eigenvalue weighted by Gasteiger charge is 2.37. The highest BCUT2D eigenvalue weighted by atomic mass is 16.5. The van der Waals surface area contributed by atoms with Crippen LogP contribution in [0.4, 0.5) is 5.69 Å². The largest absolute Gasteiger partial charge is 0.476 e. The molecule has 31 heavy (non-hydrogen) atoms. The number of rotatable bonds is 2. The Kier molecular flexibility index (Phi) is 4.78. The number of fused-ring (bicyclic) bond motifs is 2. The second-order valence-electron chi connectivity index (χ2n) is 7.61. The predicted molar refractivity (Wildman–Crippen MR) is 110 cm³/mol. The minimum absolute atomic E-state index is 0.0236. The molecule has 2 aliphatic rings. The zero-order valence-corrected chi connectivity index (χ0v) is 17.3. The quantitative estimate of drug-likeness (QED) is 0.607. The van der Waals surface area contributed by atoms with Crippen molar-refractivity contribution in [3.05, 3.63) is 47.5 Å². The summed E-state index contributed by atoms with van der Waals surface area (Å²) in [5, 5.41) is 4.36. The molecule has 0 unspecified atom stereocenters. The summed E-state index contributed by atoms with van der Waals surface area (Å²) in [5.74, 6) is 0.297. The van der Waals surface area contributed by atoms with Gasteiger partial charge in [-0.05, 0) is 32.0 Å². The second-order valence-corrected chi connectivity index (χ2v) is 7.61. The molecule has 3 aromatic rings. The van der Waals surface area contributed by atoms with E-state index in [2.05, 4.69) is 15.1 Å². The first-order valence-corrected chi connectivity index (χ1v) is 10.2. The number of anilines is 1. The van der Waals surface area contributed by atoms with Crippen LogP contribution in [0.3, 0.4) is 0 Å². The van der Waals surface area contributed by atoms with E-state index in [1.165, 1.54) is 4.90 Å². The van der Waals surface area contributed by atoms with E-state index in [1.807, 2.05) is 32.0 Å². The van der Waals surface area contributed by atoms with Crippen molar-refractivity contribution in [2.24, 2.45) is 0 Å². The van der Waals surface area contributed by atoms with Crippen LogP contribution in [0.15, 0.2) is 30.3 Å². The summed E-state index contributed by atoms with van der Waals surface area (Å²) in [5.41, 5.74) is 2.21. The van der Waals surface area contributed by atoms with E-state index in [0.717, 1.165) is 11.4 Å². The SMILES string of the molecule is Cc1cc(C)n2nc(C(=O)N3C[C@@H](C(=O)N4CCOCC4)Oc4ccccc43)nc2n1. The van der Waals surface area contributed by atoms with Crippen LogP contribution < -0.4 is 9.64 Å². The molecular formula is C21H22N6O4. The number of aromatic nitrogens is 4. The number of carbonyl (C=O) groups is 2. The number of amides is 2. The van der Waals surface area contributed by atoms with E-state index in [4.69, 9.17) is 9.47 Å². The van der Waals surface area contributed by atoms with Crippen molar-refractivity contribution in [1.82, 2.24) is 24.5 Å². The molecule has 5 rings (SSSR count). The lowest BCUT2D eigenvalue weighted by molar-refractivity contribution is -0.142. The molecule has 2 aliphatic heterocycles. The summed E-state index contributed by atoms with van der Waals surface area (Å²) < 4.78 is 12.9. The van der Waals surface area contributed by atoms with Gasteiger partial charge in [0.15, 0.2) is 6.10 Å². The topological polar surface area (TPSA) is 102 Å². The van der Waals surface area contributed by atoms with E-state index in [-0.39, 0.29) is 18.3 Å². The molecule has 1 saturated heterocycles. The molecule has 4 heterocycles. The van der Waals surface area contributed by atoms with Crippen molar-refractivity contribution in [3.63, 3.8) is 0 Å². The van der Waals surface area contributed by atoms with Crippen molar-refractivity contribution >= 4 is 23.3 Å². The fraction of sp³-hybridized carbons (Fsp3) is 0.381. The van der Waals surface area contributed by atoms with Gasteiger partial charge in [-0.1, -0.05) is 12.1 Å². The van der Waals surface area contributed by atoms with Crippen LogP contribution >= 0.6 is 0 Å². The fourth-order valence-corrected chi connectivity index (χ4v) is 3.92. The van der Waals surface area contributed by atoms with Crippen LogP contribution in [0, 0.1) is 13.8 Å². The van der Waals surface area contributed by atoms with Gasteiger partial charge in [-0.15, -0.1) is 5.10 Å². The Labute approximate surface area is 178 Å². The molecule has 10 heteroatoms. The molecule has 0 radical (unpaired) electrons. The van der Waals surface area contributed by atoms with E-state index < -0.39 is 12.0 Å². The maximum Gasteiger partial charge on any atom is 0.298 e. The number of nitrogens with zero attached hydrogens (tertiary/aromatic N) is 6. The third kappa shape index (κ3) is 3.48. The van der Waals surface area contributed by atoms with Gasteiger partial charge in [0.1, 0.15) is 5.75 Å². The standard InChI is InChI=1S/C21H22N6O4/c1-13-11-14(2)27-21(22-13)23-18(24-27)20(29)26-12-17(19(28)25-7-9-30-10-8-25)31-16-6-4-3-5-15(16)26/h3-6,11,17H,7-10,12H2,1-2H3/t17-/m0/s1. The first-order valence-electron chi connectivity index (χ1n) is 10.2. The lowest BCUT2D eigenvalue weighted by Crippen LogP contribution is -2.54. The molecule has 10 nitrogen and oxygen atoms in total. The average molecular weight is 422 g/mol. The van der Waals surface area contributed by atoms with Gasteiger partial charge < -0.3 is 14.4 Å². The number of para-hydroxylation sites is 2. The van der Waals surface area contributed by atoms with Gasteiger partial charge in [-0.2, -0.15) is 4.98 Å². The molecule has 2 aromatic heterocycles. The predicted octanol–water partition coefficient (Wildman–Crippen LogP) is 1.01. The summed E-state index contributed by atoms with van der Waals surface area (Å²) in [7, 11) is 0. The Morgan fingerprint density at radius 1 is 1.10 bits per heavy atom. The minimum atomic E-state index is -0.809. The molecule has 0 spiro atoms. The lowest BCUT2D eigenvalue weighted by atomic mass is 10.1. The van der Waals surface area contributed by atoms with Gasteiger partial charge in [0.2, 0.25) is 5.82 Å². The normalized spacial score (nSPS) is 18.6. The highest BCUT2D eigenvalue weighted by Crippen LogP contribution is 2.34. The third-order valence-corrected chi connectivity index (χ3v) is 5.43. The summed E-state index contributed by atoms with van der Waals surface area (Å²) in [6.07, 6.45) is -0.809. The van der Waals surface area contributed by atoms with E-state index in [0.29, 0.717) is 43.5 Å². The third-order valence-electron chi connectivity index (χ3n) is 5.43. The summed E-state index contributed by atoms with van der Waals surface area (Å²) >= 11 is 0. The lowest BCUT2D eigenvalue weighted by Gasteiger charge is -2.36. The summed E-state index contributed by atoms with van der Waals surface area (Å²) in [6.45, 7) is 5.82. The van der Waals surface area contributed by atoms with Crippen molar-refractivity contribution in [2.75, 3.05) is 37.7 Å². The Hall–Kier alpha value is -3.53. The van der Waals surface area contributed by atoms with Crippen molar-refractivity contribution in [1.29, 1.82) is 0 Å². The Morgan fingerprint density at radius 2 is 1.87 bits per heavy atom.